The maximum atomic E-state index is 8.86. The first kappa shape index (κ1) is 85.9. The van der Waals surface area contributed by atoms with E-state index in [-0.39, 0.29) is 52.9 Å². The summed E-state index contributed by atoms with van der Waals surface area (Å²) in [5, 5.41) is 77.7. The van der Waals surface area contributed by atoms with Crippen molar-refractivity contribution in [2.24, 2.45) is 7.05 Å². The molecule has 0 aliphatic rings. The van der Waals surface area contributed by atoms with Gasteiger partial charge in [-0.05, 0) is 86.2 Å². The number of anilines is 3. The number of aromatic nitrogens is 12. The second-order valence-corrected chi connectivity index (χ2v) is 22.9. The highest BCUT2D eigenvalue weighted by atomic mass is 16.3. The average molecular weight is 1390 g/mol. The number of imidazole rings is 6. The summed E-state index contributed by atoms with van der Waals surface area (Å²) in [5.74, 6) is 2.90. The van der Waals surface area contributed by atoms with Gasteiger partial charge in [0.05, 0.1) is 69.7 Å². The Labute approximate surface area is 597 Å². The molecule has 24 nitrogen and oxygen atoms in total. The van der Waals surface area contributed by atoms with E-state index in [1.165, 1.54) is 29.8 Å². The van der Waals surface area contributed by atoms with E-state index < -0.39 is 0 Å². The number of unbranched alkanes of at least 4 members (excludes halogenated alkanes) is 3. The number of aryl methyl sites for hydroxylation is 3. The Hall–Kier alpha value is -9.34. The van der Waals surface area contributed by atoms with E-state index in [0.717, 1.165) is 91.4 Å². The first-order valence-electron chi connectivity index (χ1n) is 34.5. The van der Waals surface area contributed by atoms with Crippen LogP contribution in [0.3, 0.4) is 0 Å². The average Bonchev–Trinajstić information content (AvgIpc) is 1.71. The SMILES string of the molecule is CCCc1nccn1CCO.CN(C)c1ccc(CCO)cc1.CN(CCCO)c1ccccc1.CN(CCO)c1ccccc1.Cn1ccnc1CCO.OCCCCCCn1ccnc1.OCCn1ccnc1.OCCn1ccnc1-c1ccccc1.OCCn1cnc2ccccc21. The van der Waals surface area contributed by atoms with Crippen molar-refractivity contribution >= 4 is 28.1 Å². The van der Waals surface area contributed by atoms with Crippen molar-refractivity contribution in [2.75, 3.05) is 115 Å². The van der Waals surface area contributed by atoms with Crippen LogP contribution in [0.1, 0.15) is 62.7 Å². The van der Waals surface area contributed by atoms with E-state index in [1.807, 2.05) is 216 Å². The number of para-hydroxylation sites is 4. The van der Waals surface area contributed by atoms with Gasteiger partial charge in [-0.1, -0.05) is 111 Å². The highest BCUT2D eigenvalue weighted by Gasteiger charge is 2.05. The summed E-state index contributed by atoms with van der Waals surface area (Å²) in [7, 11) is 9.94. The van der Waals surface area contributed by atoms with Crippen LogP contribution in [0.15, 0.2) is 220 Å². The molecule has 0 spiro atoms. The molecule has 0 bridgehead atoms. The number of hydrogen-bond donors (Lipinski definition) is 9. The zero-order valence-electron chi connectivity index (χ0n) is 60.2. The normalized spacial score (nSPS) is 10.1. The van der Waals surface area contributed by atoms with Crippen LogP contribution in [0.25, 0.3) is 22.4 Å². The standard InChI is InChI=1S/C11H12N2O.2C10H15NO.C9H10N2O.C9H16N2O.C9H13NO.C8H14N2O.C6H10N2O.C5H8N2O/c14-9-8-13-7-6-12-11(13)10-4-2-1-3-5-10;1-11(2)10-5-3-9(4-6-10)7-8-12;1-11(8-5-9-12)10-6-3-2-4-7-10;12-6-5-11-7-10-8-3-1-2-4-9(8)11;12-8-4-2-1-3-6-11-7-5-10-9-11;1-10(7-8-11)9-5-3-2-4-6-9;1-2-3-8-9-4-5-10(8)6-7-11;1-8-4-3-7-6(8)2-5-9;8-4-3-7-2-1-6-5-7/h1-7,14H,8-9H2;3-6,12H,7-8H2,1-2H3;2-4,6-7,12H,5,8-9H2,1H3;1-4,7,12H,5-6H2;5,7,9,12H,1-4,6,8H2;2-6,11H,7-8H2,1H3;4-5,11H,2-3,6-7H2,1H3;3-4,9H,2,5H2,1H3;1-2,5,8H,3-4H2. The third kappa shape index (κ3) is 36.5. The van der Waals surface area contributed by atoms with Crippen LogP contribution in [0.4, 0.5) is 17.1 Å². The fourth-order valence-corrected chi connectivity index (χ4v) is 9.47. The van der Waals surface area contributed by atoms with Crippen molar-refractivity contribution in [3.63, 3.8) is 0 Å². The van der Waals surface area contributed by atoms with Gasteiger partial charge in [-0.25, -0.2) is 29.9 Å². The van der Waals surface area contributed by atoms with Gasteiger partial charge in [0.15, 0.2) is 0 Å². The monoisotopic (exact) mass is 1390 g/mol. The fourth-order valence-electron chi connectivity index (χ4n) is 9.47. The van der Waals surface area contributed by atoms with Gasteiger partial charge in [0, 0.05) is 198 Å². The molecule has 0 atom stereocenters. The predicted octanol–water partition coefficient (Wildman–Crippen LogP) is 8.57. The second kappa shape index (κ2) is 55.4. The summed E-state index contributed by atoms with van der Waals surface area (Å²) >= 11 is 0. The largest absolute Gasteiger partial charge is 0.396 e. The number of benzene rings is 5. The lowest BCUT2D eigenvalue weighted by Crippen LogP contribution is -2.20. The number of hydrogen-bond acceptors (Lipinski definition) is 18. The van der Waals surface area contributed by atoms with Gasteiger partial charge in [0.1, 0.15) is 17.5 Å². The molecule has 0 saturated carbocycles. The molecule has 0 saturated heterocycles. The second-order valence-electron chi connectivity index (χ2n) is 22.9. The van der Waals surface area contributed by atoms with Gasteiger partial charge in [-0.15, -0.1) is 0 Å². The molecule has 11 rings (SSSR count). The molecule has 6 aromatic heterocycles. The van der Waals surface area contributed by atoms with Gasteiger partial charge >= 0.3 is 0 Å². The number of rotatable bonds is 29. The molecule has 101 heavy (non-hydrogen) atoms. The Morgan fingerprint density at radius 2 is 0.881 bits per heavy atom. The van der Waals surface area contributed by atoms with E-state index in [4.69, 9.17) is 46.0 Å². The Balaban J connectivity index is 0.000000296. The summed E-state index contributed by atoms with van der Waals surface area (Å²) in [6.07, 6.45) is 32.2. The Bertz CT molecular complexity index is 3590. The van der Waals surface area contributed by atoms with Crippen LogP contribution in [-0.4, -0.2) is 204 Å². The summed E-state index contributed by atoms with van der Waals surface area (Å²) in [6.45, 7) is 9.09. The number of aliphatic hydroxyl groups excluding tert-OH is 9. The Morgan fingerprint density at radius 1 is 0.366 bits per heavy atom. The van der Waals surface area contributed by atoms with Crippen molar-refractivity contribution in [2.45, 2.75) is 97.4 Å². The highest BCUT2D eigenvalue weighted by Crippen LogP contribution is 2.17. The topological polar surface area (TPSA) is 299 Å². The minimum Gasteiger partial charge on any atom is -0.396 e. The third-order valence-corrected chi connectivity index (χ3v) is 15.0. The lowest BCUT2D eigenvalue weighted by molar-refractivity contribution is 0.274. The van der Waals surface area contributed by atoms with Crippen molar-refractivity contribution in [1.29, 1.82) is 0 Å². The molecule has 0 fully saturated rings. The van der Waals surface area contributed by atoms with E-state index in [9.17, 15) is 0 Å². The molecule has 11 aromatic rings. The molecule has 24 heteroatoms. The van der Waals surface area contributed by atoms with E-state index in [2.05, 4.69) is 75.5 Å². The van der Waals surface area contributed by atoms with Crippen LogP contribution >= 0.6 is 0 Å². The quantitative estimate of drug-likeness (QED) is 0.0198. The molecule has 5 aromatic carbocycles. The molecule has 0 radical (unpaired) electrons. The molecule has 9 N–H and O–H groups in total. The smallest absolute Gasteiger partial charge is 0.139 e. The van der Waals surface area contributed by atoms with Crippen molar-refractivity contribution < 1.29 is 46.0 Å². The van der Waals surface area contributed by atoms with Gasteiger partial charge in [-0.3, -0.25) is 0 Å². The van der Waals surface area contributed by atoms with Crippen LogP contribution < -0.4 is 14.7 Å². The molecule has 0 unspecified atom stereocenters. The third-order valence-electron chi connectivity index (χ3n) is 15.0. The van der Waals surface area contributed by atoms with Crippen molar-refractivity contribution in [3.8, 4) is 11.4 Å². The van der Waals surface area contributed by atoms with Crippen LogP contribution in [0, 0.1) is 0 Å². The molecule has 0 amide bonds. The first-order valence-corrected chi connectivity index (χ1v) is 34.5. The van der Waals surface area contributed by atoms with E-state index >= 15 is 0 Å². The summed E-state index contributed by atoms with van der Waals surface area (Å²) in [5.41, 5.74) is 7.84. The lowest BCUT2D eigenvalue weighted by atomic mass is 10.1. The maximum absolute atomic E-state index is 8.86. The number of likely N-dealkylation sites (N-methyl/N-ethyl adjacent to an activating group) is 1. The zero-order valence-corrected chi connectivity index (χ0v) is 60.2. The van der Waals surface area contributed by atoms with Crippen molar-refractivity contribution in [1.82, 2.24) is 57.3 Å². The van der Waals surface area contributed by atoms with E-state index in [0.29, 0.717) is 45.8 Å². The van der Waals surface area contributed by atoms with Crippen LogP contribution in [0.2, 0.25) is 0 Å². The van der Waals surface area contributed by atoms with Gasteiger partial charge in [0.25, 0.3) is 0 Å². The lowest BCUT2D eigenvalue weighted by Gasteiger charge is -2.18. The Morgan fingerprint density at radius 3 is 1.42 bits per heavy atom. The number of nitrogens with zero attached hydrogens (tertiary/aromatic N) is 15. The van der Waals surface area contributed by atoms with Crippen molar-refractivity contribution in [3.05, 3.63) is 238 Å². The van der Waals surface area contributed by atoms with Crippen LogP contribution in [-0.2, 0) is 59.0 Å². The first-order chi connectivity index (χ1) is 49.3. The molecule has 550 valence electrons. The molecule has 6 heterocycles. The van der Waals surface area contributed by atoms with E-state index in [1.54, 1.807) is 43.6 Å². The van der Waals surface area contributed by atoms with Crippen LogP contribution in [0.5, 0.6) is 0 Å². The fraction of sp³-hybridized carbons (Fsp3) is 0.403. The van der Waals surface area contributed by atoms with Gasteiger partial charge < -0.3 is 88.1 Å². The highest BCUT2D eigenvalue weighted by molar-refractivity contribution is 5.74. The Kier molecular flexibility index (Phi) is 47.1. The molecule has 0 aliphatic carbocycles. The predicted molar refractivity (Wildman–Crippen MR) is 406 cm³/mol. The molecular formula is C77H113N15O9. The zero-order chi connectivity index (χ0) is 73.3. The number of fused-ring (bicyclic) bond motifs is 1. The minimum atomic E-state index is 0.135. The summed E-state index contributed by atoms with van der Waals surface area (Å²) in [6, 6.07) is 46.2. The van der Waals surface area contributed by atoms with Gasteiger partial charge in [-0.2, -0.15) is 0 Å². The maximum Gasteiger partial charge on any atom is 0.139 e. The molecule has 0 aliphatic heterocycles. The minimum absolute atomic E-state index is 0.135. The number of aliphatic hydroxyl groups is 9. The van der Waals surface area contributed by atoms with Gasteiger partial charge in [0.2, 0.25) is 0 Å². The summed E-state index contributed by atoms with van der Waals surface area (Å²) in [4.78, 5) is 30.6. The molecular weight excluding hydrogens is 1280 g/mol. The summed E-state index contributed by atoms with van der Waals surface area (Å²) < 4.78 is 11.7.